The van der Waals surface area contributed by atoms with Crippen molar-refractivity contribution in [1.29, 1.82) is 0 Å². The molecule has 1 N–H and O–H groups in total. The van der Waals surface area contributed by atoms with Crippen LogP contribution in [0, 0.1) is 5.41 Å². The molecular formula is C12H24N2O2S. The van der Waals surface area contributed by atoms with Crippen LogP contribution in [-0.4, -0.2) is 57.0 Å². The van der Waals surface area contributed by atoms with E-state index in [4.69, 9.17) is 0 Å². The first kappa shape index (κ1) is 13.3. The Kier molecular flexibility index (Phi) is 3.80. The fourth-order valence-corrected chi connectivity index (χ4v) is 4.67. The van der Waals surface area contributed by atoms with E-state index in [1.54, 1.807) is 0 Å². The lowest BCUT2D eigenvalue weighted by Crippen LogP contribution is -2.51. The minimum Gasteiger partial charge on any atom is -0.316 e. The lowest BCUT2D eigenvalue weighted by atomic mass is 9.83. The molecule has 0 aromatic rings. The molecule has 2 saturated heterocycles. The van der Waals surface area contributed by atoms with Crippen molar-refractivity contribution < 1.29 is 8.42 Å². The van der Waals surface area contributed by atoms with Crippen molar-refractivity contribution in [3.63, 3.8) is 0 Å². The number of rotatable bonds is 3. The van der Waals surface area contributed by atoms with Gasteiger partial charge in [-0.05, 0) is 31.7 Å². The molecule has 17 heavy (non-hydrogen) atoms. The second kappa shape index (κ2) is 4.86. The first-order chi connectivity index (χ1) is 7.96. The van der Waals surface area contributed by atoms with Crippen LogP contribution in [0.2, 0.25) is 0 Å². The van der Waals surface area contributed by atoms with Crippen molar-refractivity contribution in [3.05, 3.63) is 0 Å². The Morgan fingerprint density at radius 3 is 2.76 bits per heavy atom. The van der Waals surface area contributed by atoms with Crippen LogP contribution in [-0.2, 0) is 9.84 Å². The molecule has 2 rings (SSSR count). The average Bonchev–Trinajstić information content (AvgIpc) is 2.71. The van der Waals surface area contributed by atoms with Gasteiger partial charge in [0.15, 0.2) is 9.84 Å². The molecule has 2 heterocycles. The third-order valence-electron chi connectivity index (χ3n) is 4.43. The Morgan fingerprint density at radius 1 is 1.47 bits per heavy atom. The average molecular weight is 260 g/mol. The molecule has 0 aromatic heterocycles. The van der Waals surface area contributed by atoms with Gasteiger partial charge in [0.05, 0.1) is 11.5 Å². The van der Waals surface area contributed by atoms with Gasteiger partial charge in [-0.1, -0.05) is 6.92 Å². The summed E-state index contributed by atoms with van der Waals surface area (Å²) in [4.78, 5) is 2.37. The van der Waals surface area contributed by atoms with Gasteiger partial charge in [0, 0.05) is 25.7 Å². The van der Waals surface area contributed by atoms with Crippen LogP contribution in [0.3, 0.4) is 0 Å². The first-order valence-electron chi connectivity index (χ1n) is 6.62. The number of hydrogen-bond donors (Lipinski definition) is 1. The molecule has 100 valence electrons. The molecule has 0 bridgehead atoms. The smallest absolute Gasteiger partial charge is 0.153 e. The molecule has 2 aliphatic heterocycles. The van der Waals surface area contributed by atoms with Crippen molar-refractivity contribution in [2.75, 3.05) is 37.7 Å². The largest absolute Gasteiger partial charge is 0.316 e. The first-order valence-corrected chi connectivity index (χ1v) is 8.44. The third-order valence-corrected chi connectivity index (χ3v) is 6.22. The highest BCUT2D eigenvalue weighted by atomic mass is 32.2. The van der Waals surface area contributed by atoms with Gasteiger partial charge < -0.3 is 5.32 Å². The van der Waals surface area contributed by atoms with Crippen LogP contribution in [0.1, 0.15) is 26.7 Å². The van der Waals surface area contributed by atoms with Gasteiger partial charge in [0.25, 0.3) is 0 Å². The second-order valence-electron chi connectivity index (χ2n) is 5.71. The Hall–Kier alpha value is -0.130. The molecule has 0 aliphatic carbocycles. The van der Waals surface area contributed by atoms with Crippen molar-refractivity contribution >= 4 is 9.84 Å². The maximum atomic E-state index is 11.6. The molecule has 2 atom stereocenters. The fourth-order valence-electron chi connectivity index (χ4n) is 3.04. The highest BCUT2D eigenvalue weighted by Crippen LogP contribution is 2.31. The fraction of sp³-hybridized carbons (Fsp3) is 1.00. The monoisotopic (exact) mass is 260 g/mol. The summed E-state index contributed by atoms with van der Waals surface area (Å²) >= 11 is 0. The maximum absolute atomic E-state index is 11.6. The van der Waals surface area contributed by atoms with E-state index in [9.17, 15) is 8.42 Å². The SMILES string of the molecule is CCC1(CN2CCS(=O)(=O)CC2C)CCNC1. The van der Waals surface area contributed by atoms with Crippen LogP contribution < -0.4 is 5.32 Å². The van der Waals surface area contributed by atoms with E-state index >= 15 is 0 Å². The zero-order valence-electron chi connectivity index (χ0n) is 10.9. The Morgan fingerprint density at radius 2 is 2.24 bits per heavy atom. The number of nitrogens with zero attached hydrogens (tertiary/aromatic N) is 1. The molecule has 0 aromatic carbocycles. The zero-order chi connectivity index (χ0) is 12.5. The highest BCUT2D eigenvalue weighted by molar-refractivity contribution is 7.91. The van der Waals surface area contributed by atoms with Gasteiger partial charge >= 0.3 is 0 Å². The van der Waals surface area contributed by atoms with E-state index in [1.165, 1.54) is 12.8 Å². The number of nitrogens with one attached hydrogen (secondary N) is 1. The molecule has 4 nitrogen and oxygen atoms in total. The van der Waals surface area contributed by atoms with Gasteiger partial charge in [-0.15, -0.1) is 0 Å². The second-order valence-corrected chi connectivity index (χ2v) is 7.94. The number of sulfone groups is 1. The van der Waals surface area contributed by atoms with Crippen molar-refractivity contribution in [2.45, 2.75) is 32.7 Å². The Labute approximate surface area is 105 Å². The molecule has 2 unspecified atom stereocenters. The summed E-state index contributed by atoms with van der Waals surface area (Å²) in [5.41, 5.74) is 0.370. The van der Waals surface area contributed by atoms with Crippen molar-refractivity contribution in [1.82, 2.24) is 10.2 Å². The van der Waals surface area contributed by atoms with Crippen LogP contribution in [0.5, 0.6) is 0 Å². The summed E-state index contributed by atoms with van der Waals surface area (Å²) in [6, 6.07) is 0.178. The van der Waals surface area contributed by atoms with Gasteiger partial charge in [-0.25, -0.2) is 8.42 Å². The molecular weight excluding hydrogens is 236 g/mol. The van der Waals surface area contributed by atoms with Gasteiger partial charge in [-0.3, -0.25) is 4.90 Å². The van der Waals surface area contributed by atoms with Crippen molar-refractivity contribution in [3.8, 4) is 0 Å². The normalized spacial score (nSPS) is 38.4. The van der Waals surface area contributed by atoms with Crippen LogP contribution >= 0.6 is 0 Å². The predicted molar refractivity (Wildman–Crippen MR) is 69.9 cm³/mol. The predicted octanol–water partition coefficient (Wildman–Crippen LogP) is 0.495. The van der Waals surface area contributed by atoms with Gasteiger partial charge in [0.2, 0.25) is 0 Å². The summed E-state index contributed by atoms with van der Waals surface area (Å²) in [6.07, 6.45) is 2.40. The van der Waals surface area contributed by atoms with E-state index in [0.29, 0.717) is 23.5 Å². The molecule has 2 aliphatic rings. The quantitative estimate of drug-likeness (QED) is 0.802. The van der Waals surface area contributed by atoms with Gasteiger partial charge in [0.1, 0.15) is 0 Å². The topological polar surface area (TPSA) is 49.4 Å². The maximum Gasteiger partial charge on any atom is 0.153 e. The summed E-state index contributed by atoms with van der Waals surface area (Å²) in [6.45, 7) is 8.24. The summed E-state index contributed by atoms with van der Waals surface area (Å²) < 4.78 is 23.1. The molecule has 0 saturated carbocycles. The van der Waals surface area contributed by atoms with E-state index in [2.05, 4.69) is 17.1 Å². The molecule has 2 fully saturated rings. The summed E-state index contributed by atoms with van der Waals surface area (Å²) in [5, 5.41) is 3.44. The van der Waals surface area contributed by atoms with Crippen LogP contribution in [0.4, 0.5) is 0 Å². The van der Waals surface area contributed by atoms with Crippen LogP contribution in [0.15, 0.2) is 0 Å². The van der Waals surface area contributed by atoms with E-state index < -0.39 is 9.84 Å². The lowest BCUT2D eigenvalue weighted by molar-refractivity contribution is 0.132. The summed E-state index contributed by atoms with van der Waals surface area (Å²) in [7, 11) is -2.78. The van der Waals surface area contributed by atoms with Gasteiger partial charge in [-0.2, -0.15) is 0 Å². The molecule has 0 spiro atoms. The highest BCUT2D eigenvalue weighted by Gasteiger charge is 2.37. The lowest BCUT2D eigenvalue weighted by Gasteiger charge is -2.39. The molecule has 0 radical (unpaired) electrons. The summed E-state index contributed by atoms with van der Waals surface area (Å²) in [5.74, 6) is 0.671. The van der Waals surface area contributed by atoms with Crippen molar-refractivity contribution in [2.24, 2.45) is 5.41 Å². The standard InChI is InChI=1S/C12H24N2O2S/c1-3-12(4-5-13-9-12)10-14-6-7-17(15,16)8-11(14)2/h11,13H,3-10H2,1-2H3. The minimum absolute atomic E-state index is 0.178. The number of hydrogen-bond acceptors (Lipinski definition) is 4. The van der Waals surface area contributed by atoms with Crippen LogP contribution in [0.25, 0.3) is 0 Å². The minimum atomic E-state index is -2.78. The molecule has 5 heteroatoms. The zero-order valence-corrected chi connectivity index (χ0v) is 11.7. The van der Waals surface area contributed by atoms with E-state index in [0.717, 1.165) is 19.6 Å². The third kappa shape index (κ3) is 3.01. The Balaban J connectivity index is 1.99. The van der Waals surface area contributed by atoms with E-state index in [-0.39, 0.29) is 6.04 Å². The Bertz CT molecular complexity index is 361. The van der Waals surface area contributed by atoms with E-state index in [1.807, 2.05) is 6.92 Å². The molecule has 0 amide bonds.